The summed E-state index contributed by atoms with van der Waals surface area (Å²) < 4.78 is 2.08. The highest BCUT2D eigenvalue weighted by atomic mass is 35.5. The minimum atomic E-state index is 0.0425. The van der Waals surface area contributed by atoms with E-state index in [0.717, 1.165) is 14.6 Å². The molecule has 0 saturated heterocycles. The van der Waals surface area contributed by atoms with Crippen LogP contribution in [-0.2, 0) is 4.79 Å². The number of fused-ring (bicyclic) bond motifs is 1. The average molecular weight is 258 g/mol. The van der Waals surface area contributed by atoms with E-state index in [1.54, 1.807) is 11.3 Å². The maximum atomic E-state index is 11.0. The van der Waals surface area contributed by atoms with Crippen molar-refractivity contribution in [1.82, 2.24) is 4.98 Å². The predicted molar refractivity (Wildman–Crippen MR) is 66.1 cm³/mol. The van der Waals surface area contributed by atoms with Gasteiger partial charge in [-0.05, 0) is 12.1 Å². The van der Waals surface area contributed by atoms with Crippen molar-refractivity contribution in [2.24, 2.45) is 0 Å². The van der Waals surface area contributed by atoms with Gasteiger partial charge in [-0.1, -0.05) is 23.9 Å². The summed E-state index contributed by atoms with van der Waals surface area (Å²) in [6, 6.07) is 7.94. The van der Waals surface area contributed by atoms with E-state index in [9.17, 15) is 4.79 Å². The monoisotopic (exact) mass is 257 g/mol. The Morgan fingerprint density at radius 2 is 2.27 bits per heavy atom. The van der Waals surface area contributed by atoms with Crippen LogP contribution in [0.15, 0.2) is 28.6 Å². The second kappa shape index (κ2) is 4.96. The number of nitrogens with zero attached hydrogens (tertiary/aromatic N) is 1. The normalized spacial score (nSPS) is 10.7. The van der Waals surface area contributed by atoms with Crippen molar-refractivity contribution in [3.63, 3.8) is 0 Å². The summed E-state index contributed by atoms with van der Waals surface area (Å²) in [5.74, 6) is 0.530. The van der Waals surface area contributed by atoms with Gasteiger partial charge in [-0.3, -0.25) is 4.79 Å². The highest BCUT2D eigenvalue weighted by Gasteiger charge is 2.06. The molecule has 0 amide bonds. The number of alkyl halides is 1. The summed E-state index contributed by atoms with van der Waals surface area (Å²) in [5, 5.41) is 0. The van der Waals surface area contributed by atoms with Crippen molar-refractivity contribution in [3.8, 4) is 0 Å². The first-order chi connectivity index (χ1) is 7.29. The number of thioether (sulfide) groups is 1. The molecule has 2 nitrogen and oxygen atoms in total. The molecule has 78 valence electrons. The molecule has 1 heterocycles. The van der Waals surface area contributed by atoms with Gasteiger partial charge >= 0.3 is 0 Å². The third kappa shape index (κ3) is 2.71. The van der Waals surface area contributed by atoms with Crippen LogP contribution in [0.5, 0.6) is 0 Å². The summed E-state index contributed by atoms with van der Waals surface area (Å²) in [6.45, 7) is 0. The van der Waals surface area contributed by atoms with Gasteiger partial charge in [0.2, 0.25) is 0 Å². The van der Waals surface area contributed by atoms with Crippen LogP contribution in [0.4, 0.5) is 0 Å². The third-order valence-corrected chi connectivity index (χ3v) is 4.32. The van der Waals surface area contributed by atoms with E-state index in [1.165, 1.54) is 11.8 Å². The molecule has 2 rings (SSSR count). The van der Waals surface area contributed by atoms with Gasteiger partial charge in [0.1, 0.15) is 0 Å². The van der Waals surface area contributed by atoms with Gasteiger partial charge in [-0.2, -0.15) is 0 Å². The number of ketones is 1. The topological polar surface area (TPSA) is 30.0 Å². The molecule has 0 aliphatic rings. The lowest BCUT2D eigenvalue weighted by Crippen LogP contribution is -2.01. The van der Waals surface area contributed by atoms with E-state index >= 15 is 0 Å². The number of carbonyl (C=O) groups is 1. The van der Waals surface area contributed by atoms with Crippen LogP contribution in [0.3, 0.4) is 0 Å². The number of carbonyl (C=O) groups excluding carboxylic acids is 1. The lowest BCUT2D eigenvalue weighted by molar-refractivity contribution is -0.114. The van der Waals surface area contributed by atoms with E-state index in [-0.39, 0.29) is 11.7 Å². The van der Waals surface area contributed by atoms with Gasteiger partial charge in [0.25, 0.3) is 0 Å². The SMILES string of the molecule is O=C(CCl)CSc1nc2ccccc2s1. The van der Waals surface area contributed by atoms with E-state index in [1.807, 2.05) is 24.3 Å². The lowest BCUT2D eigenvalue weighted by Gasteiger charge is -1.91. The van der Waals surface area contributed by atoms with Crippen LogP contribution in [0.1, 0.15) is 0 Å². The number of hydrogen-bond acceptors (Lipinski definition) is 4. The third-order valence-electron chi connectivity index (χ3n) is 1.78. The Balaban J connectivity index is 2.12. The molecule has 1 aromatic carbocycles. The molecule has 1 aromatic heterocycles. The van der Waals surface area contributed by atoms with Crippen molar-refractivity contribution >= 4 is 50.7 Å². The minimum Gasteiger partial charge on any atom is -0.297 e. The molecule has 0 aliphatic heterocycles. The zero-order valence-corrected chi connectivity index (χ0v) is 10.2. The zero-order chi connectivity index (χ0) is 10.7. The Morgan fingerprint density at radius 1 is 1.47 bits per heavy atom. The number of para-hydroxylation sites is 1. The largest absolute Gasteiger partial charge is 0.297 e. The molecule has 0 saturated carbocycles. The fraction of sp³-hybridized carbons (Fsp3) is 0.200. The summed E-state index contributed by atoms with van der Waals surface area (Å²) in [5.41, 5.74) is 0.989. The Hall–Kier alpha value is -0.580. The molecule has 0 fully saturated rings. The molecule has 0 radical (unpaired) electrons. The first-order valence-electron chi connectivity index (χ1n) is 4.35. The quantitative estimate of drug-likeness (QED) is 0.622. The van der Waals surface area contributed by atoms with Gasteiger partial charge < -0.3 is 0 Å². The van der Waals surface area contributed by atoms with Gasteiger partial charge in [0.05, 0.1) is 21.8 Å². The van der Waals surface area contributed by atoms with Gasteiger partial charge in [0, 0.05) is 0 Å². The van der Waals surface area contributed by atoms with Gasteiger partial charge in [-0.25, -0.2) is 4.98 Å². The molecule has 15 heavy (non-hydrogen) atoms. The van der Waals surface area contributed by atoms with E-state index in [2.05, 4.69) is 4.98 Å². The second-order valence-electron chi connectivity index (χ2n) is 2.91. The fourth-order valence-corrected chi connectivity index (χ4v) is 3.23. The second-order valence-corrected chi connectivity index (χ2v) is 5.43. The van der Waals surface area contributed by atoms with Crippen LogP contribution in [0.2, 0.25) is 0 Å². The van der Waals surface area contributed by atoms with Crippen molar-refractivity contribution in [3.05, 3.63) is 24.3 Å². The first kappa shape index (κ1) is 10.9. The Bertz CT molecular complexity index is 450. The molecule has 5 heteroatoms. The Morgan fingerprint density at radius 3 is 3.00 bits per heavy atom. The molecule has 0 atom stereocenters. The molecule has 2 aromatic rings. The lowest BCUT2D eigenvalue weighted by atomic mass is 10.3. The molecule has 0 spiro atoms. The zero-order valence-electron chi connectivity index (χ0n) is 7.77. The standard InChI is InChI=1S/C10H8ClNOS2/c11-5-7(13)6-14-10-12-8-3-1-2-4-9(8)15-10/h1-4H,5-6H2. The van der Waals surface area contributed by atoms with Gasteiger partial charge in [0.15, 0.2) is 10.1 Å². The Kier molecular flexibility index (Phi) is 3.61. The number of hydrogen-bond donors (Lipinski definition) is 0. The number of thiazole rings is 1. The van der Waals surface area contributed by atoms with Gasteiger partial charge in [-0.15, -0.1) is 22.9 Å². The highest BCUT2D eigenvalue weighted by Crippen LogP contribution is 2.29. The van der Waals surface area contributed by atoms with E-state index < -0.39 is 0 Å². The number of benzene rings is 1. The minimum absolute atomic E-state index is 0.0425. The highest BCUT2D eigenvalue weighted by molar-refractivity contribution is 8.01. The van der Waals surface area contributed by atoms with E-state index in [4.69, 9.17) is 11.6 Å². The molecular formula is C10H8ClNOS2. The molecule has 0 bridgehead atoms. The van der Waals surface area contributed by atoms with Crippen LogP contribution in [0, 0.1) is 0 Å². The summed E-state index contributed by atoms with van der Waals surface area (Å²) in [6.07, 6.45) is 0. The van der Waals surface area contributed by atoms with Crippen molar-refractivity contribution < 1.29 is 4.79 Å². The number of aromatic nitrogens is 1. The number of halogens is 1. The summed E-state index contributed by atoms with van der Waals surface area (Å²) in [4.78, 5) is 15.4. The maximum Gasteiger partial charge on any atom is 0.157 e. The average Bonchev–Trinajstić information content (AvgIpc) is 2.68. The van der Waals surface area contributed by atoms with Crippen molar-refractivity contribution in [2.75, 3.05) is 11.6 Å². The van der Waals surface area contributed by atoms with Crippen LogP contribution in [0.25, 0.3) is 10.2 Å². The smallest absolute Gasteiger partial charge is 0.157 e. The van der Waals surface area contributed by atoms with Crippen LogP contribution < -0.4 is 0 Å². The molecule has 0 aliphatic carbocycles. The number of Topliss-reactive ketones (excluding diaryl/α,β-unsaturated/α-hetero) is 1. The first-order valence-corrected chi connectivity index (χ1v) is 6.69. The Labute approximate surface area is 101 Å². The van der Waals surface area contributed by atoms with Crippen molar-refractivity contribution in [2.45, 2.75) is 4.34 Å². The van der Waals surface area contributed by atoms with Crippen LogP contribution >= 0.6 is 34.7 Å². The maximum absolute atomic E-state index is 11.0. The fourth-order valence-electron chi connectivity index (χ4n) is 1.09. The summed E-state index contributed by atoms with van der Waals surface area (Å²) >= 11 is 8.48. The molecule has 0 N–H and O–H groups in total. The predicted octanol–water partition coefficient (Wildman–Crippen LogP) is 3.20. The number of rotatable bonds is 4. The summed E-state index contributed by atoms with van der Waals surface area (Å²) in [7, 11) is 0. The van der Waals surface area contributed by atoms with Crippen molar-refractivity contribution in [1.29, 1.82) is 0 Å². The molecular weight excluding hydrogens is 250 g/mol. The van der Waals surface area contributed by atoms with Crippen LogP contribution in [-0.4, -0.2) is 22.4 Å². The van der Waals surface area contributed by atoms with E-state index in [0.29, 0.717) is 5.75 Å². The molecule has 0 unspecified atom stereocenters.